The number of aromatic nitrogens is 2. The predicted molar refractivity (Wildman–Crippen MR) is 68.3 cm³/mol. The summed E-state index contributed by atoms with van der Waals surface area (Å²) >= 11 is 0. The van der Waals surface area contributed by atoms with E-state index in [1.54, 1.807) is 12.4 Å². The van der Waals surface area contributed by atoms with E-state index in [9.17, 15) is 8.78 Å². The molecule has 0 unspecified atom stereocenters. The molecule has 0 aliphatic heterocycles. The molecule has 0 spiro atoms. The Labute approximate surface area is 114 Å². The fourth-order valence-electron chi connectivity index (χ4n) is 1.69. The molecule has 1 aromatic heterocycles. The highest BCUT2D eigenvalue weighted by Gasteiger charge is 2.20. The molecule has 0 radical (unpaired) electrons. The van der Waals surface area contributed by atoms with Gasteiger partial charge in [0.15, 0.2) is 11.6 Å². The van der Waals surface area contributed by atoms with Crippen LogP contribution in [0, 0.1) is 11.6 Å². The van der Waals surface area contributed by atoms with Gasteiger partial charge in [0.25, 0.3) is 0 Å². The fourth-order valence-corrected chi connectivity index (χ4v) is 1.69. The van der Waals surface area contributed by atoms with E-state index in [0.29, 0.717) is 12.6 Å². The Morgan fingerprint density at radius 2 is 1.95 bits per heavy atom. The molecule has 0 atom stereocenters. The van der Waals surface area contributed by atoms with Crippen molar-refractivity contribution in [2.45, 2.75) is 25.4 Å². The predicted octanol–water partition coefficient (Wildman–Crippen LogP) is 2.80. The van der Waals surface area contributed by atoms with Gasteiger partial charge in [-0.15, -0.1) is 0 Å². The molecule has 1 aliphatic carbocycles. The number of hydrogen-bond donors (Lipinski definition) is 1. The van der Waals surface area contributed by atoms with E-state index in [-0.39, 0.29) is 11.8 Å². The van der Waals surface area contributed by atoms with Gasteiger partial charge in [-0.1, -0.05) is 0 Å². The van der Waals surface area contributed by atoms with E-state index in [0.717, 1.165) is 17.7 Å². The van der Waals surface area contributed by atoms with Gasteiger partial charge in [0, 0.05) is 36.6 Å². The maximum absolute atomic E-state index is 13.4. The summed E-state index contributed by atoms with van der Waals surface area (Å²) in [6, 6.07) is 3.72. The molecule has 1 saturated carbocycles. The van der Waals surface area contributed by atoms with Gasteiger partial charge in [-0.2, -0.15) is 0 Å². The molecular formula is C14H13F2N3O. The lowest BCUT2D eigenvalue weighted by molar-refractivity contribution is 0.407. The third-order valence-corrected chi connectivity index (χ3v) is 2.95. The molecular weight excluding hydrogens is 264 g/mol. The zero-order valence-electron chi connectivity index (χ0n) is 10.6. The third kappa shape index (κ3) is 3.27. The number of ether oxygens (including phenoxy) is 1. The smallest absolute Gasteiger partial charge is 0.321 e. The normalized spacial score (nSPS) is 14.3. The number of halogens is 2. The van der Waals surface area contributed by atoms with E-state index >= 15 is 0 Å². The van der Waals surface area contributed by atoms with Crippen molar-refractivity contribution in [1.82, 2.24) is 15.3 Å². The summed E-state index contributed by atoms with van der Waals surface area (Å²) in [7, 11) is 0. The standard InChI is InChI=1S/C14H13F2N3O/c15-10-1-4-13(12(16)5-10)20-14-18-7-9(8-19-14)6-17-11-2-3-11/h1,4-5,7-8,11,17H,2-3,6H2. The summed E-state index contributed by atoms with van der Waals surface area (Å²) in [6.07, 6.45) is 5.68. The monoisotopic (exact) mass is 277 g/mol. The van der Waals surface area contributed by atoms with Gasteiger partial charge in [0.05, 0.1) is 0 Å². The number of benzene rings is 1. The first-order valence-electron chi connectivity index (χ1n) is 6.38. The van der Waals surface area contributed by atoms with Gasteiger partial charge >= 0.3 is 6.01 Å². The molecule has 3 rings (SSSR count). The van der Waals surface area contributed by atoms with Crippen molar-refractivity contribution < 1.29 is 13.5 Å². The minimum atomic E-state index is -0.784. The second-order valence-corrected chi connectivity index (χ2v) is 4.71. The van der Waals surface area contributed by atoms with E-state index in [2.05, 4.69) is 15.3 Å². The molecule has 0 saturated heterocycles. The van der Waals surface area contributed by atoms with Crippen molar-refractivity contribution in [3.63, 3.8) is 0 Å². The van der Waals surface area contributed by atoms with Crippen LogP contribution in [0.25, 0.3) is 0 Å². The number of rotatable bonds is 5. The summed E-state index contributed by atoms with van der Waals surface area (Å²) in [5.41, 5.74) is 0.934. The molecule has 1 heterocycles. The third-order valence-electron chi connectivity index (χ3n) is 2.95. The molecule has 0 bridgehead atoms. The minimum absolute atomic E-state index is 0.0330. The Kier molecular flexibility index (Phi) is 3.56. The van der Waals surface area contributed by atoms with Crippen LogP contribution in [0.1, 0.15) is 18.4 Å². The van der Waals surface area contributed by atoms with Gasteiger partial charge in [0.2, 0.25) is 0 Å². The zero-order valence-corrected chi connectivity index (χ0v) is 10.6. The van der Waals surface area contributed by atoms with Crippen LogP contribution in [-0.4, -0.2) is 16.0 Å². The maximum Gasteiger partial charge on any atom is 0.321 e. The van der Waals surface area contributed by atoms with Gasteiger partial charge in [-0.3, -0.25) is 0 Å². The number of hydrogen-bond acceptors (Lipinski definition) is 4. The average Bonchev–Trinajstić information content (AvgIpc) is 3.25. The lowest BCUT2D eigenvalue weighted by Gasteiger charge is -2.06. The van der Waals surface area contributed by atoms with E-state index in [4.69, 9.17) is 4.74 Å². The van der Waals surface area contributed by atoms with Crippen molar-refractivity contribution in [3.05, 3.63) is 47.8 Å². The highest BCUT2D eigenvalue weighted by atomic mass is 19.1. The molecule has 6 heteroatoms. The number of nitrogens with zero attached hydrogens (tertiary/aromatic N) is 2. The van der Waals surface area contributed by atoms with Crippen LogP contribution in [0.4, 0.5) is 8.78 Å². The van der Waals surface area contributed by atoms with Crippen LogP contribution in [0.3, 0.4) is 0 Å². The largest absolute Gasteiger partial charge is 0.421 e. The fraction of sp³-hybridized carbons (Fsp3) is 0.286. The van der Waals surface area contributed by atoms with Gasteiger partial charge in [-0.25, -0.2) is 18.7 Å². The van der Waals surface area contributed by atoms with Crippen molar-refractivity contribution in [2.75, 3.05) is 0 Å². The van der Waals surface area contributed by atoms with E-state index in [1.165, 1.54) is 18.9 Å². The van der Waals surface area contributed by atoms with Crippen molar-refractivity contribution in [1.29, 1.82) is 0 Å². The molecule has 1 aromatic carbocycles. The maximum atomic E-state index is 13.4. The Bertz CT molecular complexity index is 600. The molecule has 1 fully saturated rings. The molecule has 0 amide bonds. The van der Waals surface area contributed by atoms with Crippen molar-refractivity contribution in [3.8, 4) is 11.8 Å². The Balaban J connectivity index is 1.64. The number of nitrogens with one attached hydrogen (secondary N) is 1. The molecule has 4 nitrogen and oxygen atoms in total. The first kappa shape index (κ1) is 12.9. The summed E-state index contributed by atoms with van der Waals surface area (Å²) in [5, 5.41) is 3.33. The summed E-state index contributed by atoms with van der Waals surface area (Å²) in [5.74, 6) is -1.54. The van der Waals surface area contributed by atoms with E-state index < -0.39 is 11.6 Å². The molecule has 104 valence electrons. The van der Waals surface area contributed by atoms with Crippen LogP contribution >= 0.6 is 0 Å². The van der Waals surface area contributed by atoms with E-state index in [1.807, 2.05) is 0 Å². The second-order valence-electron chi connectivity index (χ2n) is 4.71. The lowest BCUT2D eigenvalue weighted by atomic mass is 10.3. The Morgan fingerprint density at radius 1 is 1.20 bits per heavy atom. The first-order chi connectivity index (χ1) is 9.70. The molecule has 1 aliphatic rings. The van der Waals surface area contributed by atoms with Gasteiger partial charge in [0.1, 0.15) is 5.82 Å². The second kappa shape index (κ2) is 5.50. The quantitative estimate of drug-likeness (QED) is 0.913. The van der Waals surface area contributed by atoms with Crippen LogP contribution in [0.2, 0.25) is 0 Å². The van der Waals surface area contributed by atoms with Crippen molar-refractivity contribution in [2.24, 2.45) is 0 Å². The zero-order chi connectivity index (χ0) is 13.9. The SMILES string of the molecule is Fc1ccc(Oc2ncc(CNC3CC3)cn2)c(F)c1. The van der Waals surface area contributed by atoms with Crippen LogP contribution in [0.5, 0.6) is 11.8 Å². The highest BCUT2D eigenvalue weighted by molar-refractivity contribution is 5.27. The minimum Gasteiger partial charge on any atom is -0.421 e. The summed E-state index contributed by atoms with van der Waals surface area (Å²) < 4.78 is 31.3. The summed E-state index contributed by atoms with van der Waals surface area (Å²) in [6.45, 7) is 0.704. The van der Waals surface area contributed by atoms with Crippen LogP contribution in [-0.2, 0) is 6.54 Å². The van der Waals surface area contributed by atoms with Crippen molar-refractivity contribution >= 4 is 0 Å². The highest BCUT2D eigenvalue weighted by Crippen LogP contribution is 2.22. The molecule has 20 heavy (non-hydrogen) atoms. The Morgan fingerprint density at radius 3 is 2.60 bits per heavy atom. The van der Waals surface area contributed by atoms with Gasteiger partial charge in [-0.05, 0) is 25.0 Å². The topological polar surface area (TPSA) is 47.0 Å². The lowest BCUT2D eigenvalue weighted by Crippen LogP contribution is -2.15. The first-order valence-corrected chi connectivity index (χ1v) is 6.38. The summed E-state index contributed by atoms with van der Waals surface area (Å²) in [4.78, 5) is 8.00. The molecule has 1 N–H and O–H groups in total. The Hall–Kier alpha value is -2.08. The van der Waals surface area contributed by atoms with Gasteiger partial charge < -0.3 is 10.1 Å². The molecule has 2 aromatic rings. The average molecular weight is 277 g/mol. The van der Waals surface area contributed by atoms with Crippen LogP contribution < -0.4 is 10.1 Å². The van der Waals surface area contributed by atoms with Crippen LogP contribution in [0.15, 0.2) is 30.6 Å².